The standard InChI is InChI=1S/C16H22N2OS/c1-3-4-7-10-18-11(2)17-15-14(16(18)19)12-8-5-6-9-13(12)20-15/h3-10H2,1-2H3. The molecule has 108 valence electrons. The molecule has 0 bridgehead atoms. The van der Waals surface area contributed by atoms with Crippen molar-refractivity contribution in [2.45, 2.75) is 65.3 Å². The molecule has 0 aliphatic heterocycles. The third-order valence-electron chi connectivity index (χ3n) is 4.25. The first-order valence-electron chi connectivity index (χ1n) is 7.74. The van der Waals surface area contributed by atoms with Gasteiger partial charge in [-0.25, -0.2) is 4.98 Å². The second-order valence-electron chi connectivity index (χ2n) is 5.71. The third-order valence-corrected chi connectivity index (χ3v) is 5.44. The van der Waals surface area contributed by atoms with E-state index < -0.39 is 0 Å². The van der Waals surface area contributed by atoms with E-state index in [2.05, 4.69) is 6.92 Å². The van der Waals surface area contributed by atoms with Crippen molar-refractivity contribution in [1.29, 1.82) is 0 Å². The molecule has 0 radical (unpaired) electrons. The Bertz CT molecular complexity index is 684. The lowest BCUT2D eigenvalue weighted by atomic mass is 9.97. The minimum atomic E-state index is 0.197. The van der Waals surface area contributed by atoms with Crippen molar-refractivity contribution < 1.29 is 0 Å². The first-order valence-corrected chi connectivity index (χ1v) is 8.55. The number of rotatable bonds is 4. The Morgan fingerprint density at radius 1 is 1.25 bits per heavy atom. The molecule has 0 N–H and O–H groups in total. The minimum absolute atomic E-state index is 0.197. The molecule has 0 saturated heterocycles. The molecule has 2 heterocycles. The molecule has 4 heteroatoms. The summed E-state index contributed by atoms with van der Waals surface area (Å²) in [4.78, 5) is 19.9. The predicted molar refractivity (Wildman–Crippen MR) is 84.8 cm³/mol. The lowest BCUT2D eigenvalue weighted by Crippen LogP contribution is -2.24. The Kier molecular flexibility index (Phi) is 3.92. The second-order valence-corrected chi connectivity index (χ2v) is 6.80. The first kappa shape index (κ1) is 13.8. The smallest absolute Gasteiger partial charge is 0.262 e. The van der Waals surface area contributed by atoms with Crippen LogP contribution < -0.4 is 5.56 Å². The van der Waals surface area contributed by atoms with Crippen LogP contribution in [0.15, 0.2) is 4.79 Å². The summed E-state index contributed by atoms with van der Waals surface area (Å²) in [7, 11) is 0. The number of aromatic nitrogens is 2. The fraction of sp³-hybridized carbons (Fsp3) is 0.625. The normalized spacial score (nSPS) is 14.7. The van der Waals surface area contributed by atoms with Gasteiger partial charge in [0.2, 0.25) is 0 Å². The largest absolute Gasteiger partial charge is 0.296 e. The molecule has 0 fully saturated rings. The molecule has 1 aliphatic carbocycles. The van der Waals surface area contributed by atoms with E-state index in [1.54, 1.807) is 11.3 Å². The van der Waals surface area contributed by atoms with E-state index in [1.807, 2.05) is 11.5 Å². The maximum Gasteiger partial charge on any atom is 0.262 e. The van der Waals surface area contributed by atoms with Crippen molar-refractivity contribution in [3.8, 4) is 0 Å². The highest BCUT2D eigenvalue weighted by Crippen LogP contribution is 2.33. The van der Waals surface area contributed by atoms with Gasteiger partial charge in [0.1, 0.15) is 10.7 Å². The minimum Gasteiger partial charge on any atom is -0.296 e. The number of hydrogen-bond acceptors (Lipinski definition) is 3. The van der Waals surface area contributed by atoms with Gasteiger partial charge in [-0.3, -0.25) is 9.36 Å². The van der Waals surface area contributed by atoms with Gasteiger partial charge < -0.3 is 0 Å². The SMILES string of the molecule is CCCCCn1c(C)nc2sc3c(c2c1=O)CCCC3. The number of thiophene rings is 1. The molecular weight excluding hydrogens is 268 g/mol. The summed E-state index contributed by atoms with van der Waals surface area (Å²) in [6, 6.07) is 0. The van der Waals surface area contributed by atoms with E-state index in [9.17, 15) is 4.79 Å². The van der Waals surface area contributed by atoms with E-state index in [1.165, 1.54) is 36.1 Å². The van der Waals surface area contributed by atoms with Gasteiger partial charge in [0.15, 0.2) is 0 Å². The summed E-state index contributed by atoms with van der Waals surface area (Å²) < 4.78 is 1.89. The number of unbranched alkanes of at least 4 members (excludes halogenated alkanes) is 2. The van der Waals surface area contributed by atoms with Gasteiger partial charge in [-0.05, 0) is 44.6 Å². The molecule has 2 aromatic rings. The van der Waals surface area contributed by atoms with Gasteiger partial charge >= 0.3 is 0 Å². The van der Waals surface area contributed by atoms with Crippen LogP contribution in [0.3, 0.4) is 0 Å². The number of fused-ring (bicyclic) bond motifs is 3. The Labute approximate surface area is 123 Å². The van der Waals surface area contributed by atoms with E-state index in [0.717, 1.165) is 41.8 Å². The van der Waals surface area contributed by atoms with Crippen LogP contribution in [0.2, 0.25) is 0 Å². The monoisotopic (exact) mass is 290 g/mol. The first-order chi connectivity index (χ1) is 9.72. The van der Waals surface area contributed by atoms with Crippen LogP contribution >= 0.6 is 11.3 Å². The predicted octanol–water partition coefficient (Wildman–Crippen LogP) is 3.84. The lowest BCUT2D eigenvalue weighted by molar-refractivity contribution is 0.570. The highest BCUT2D eigenvalue weighted by molar-refractivity contribution is 7.18. The Morgan fingerprint density at radius 2 is 2.05 bits per heavy atom. The molecule has 2 aromatic heterocycles. The average Bonchev–Trinajstić information content (AvgIpc) is 2.80. The van der Waals surface area contributed by atoms with E-state index >= 15 is 0 Å². The van der Waals surface area contributed by atoms with Gasteiger partial charge in [0, 0.05) is 11.4 Å². The van der Waals surface area contributed by atoms with Crippen LogP contribution in [0, 0.1) is 6.92 Å². The maximum atomic E-state index is 12.8. The zero-order valence-corrected chi connectivity index (χ0v) is 13.2. The van der Waals surface area contributed by atoms with Crippen LogP contribution in [-0.4, -0.2) is 9.55 Å². The van der Waals surface area contributed by atoms with Crippen molar-refractivity contribution in [1.82, 2.24) is 9.55 Å². The molecule has 0 atom stereocenters. The molecule has 1 aliphatic rings. The summed E-state index contributed by atoms with van der Waals surface area (Å²) in [5, 5.41) is 0.923. The highest BCUT2D eigenvalue weighted by Gasteiger charge is 2.20. The topological polar surface area (TPSA) is 34.9 Å². The molecule has 3 rings (SSSR count). The van der Waals surface area contributed by atoms with Crippen LogP contribution in [0.1, 0.15) is 55.3 Å². The average molecular weight is 290 g/mol. The van der Waals surface area contributed by atoms with Gasteiger partial charge in [-0.1, -0.05) is 19.8 Å². The fourth-order valence-electron chi connectivity index (χ4n) is 3.12. The summed E-state index contributed by atoms with van der Waals surface area (Å²) in [6.45, 7) is 4.96. The molecule has 0 amide bonds. The van der Waals surface area contributed by atoms with E-state index in [0.29, 0.717) is 0 Å². The fourth-order valence-corrected chi connectivity index (χ4v) is 4.42. The zero-order chi connectivity index (χ0) is 14.1. The quantitative estimate of drug-likeness (QED) is 0.802. The van der Waals surface area contributed by atoms with Crippen molar-refractivity contribution in [3.05, 3.63) is 26.6 Å². The summed E-state index contributed by atoms with van der Waals surface area (Å²) in [5.74, 6) is 0.872. The number of hydrogen-bond donors (Lipinski definition) is 0. The van der Waals surface area contributed by atoms with Crippen molar-refractivity contribution >= 4 is 21.6 Å². The lowest BCUT2D eigenvalue weighted by Gasteiger charge is -2.11. The summed E-state index contributed by atoms with van der Waals surface area (Å²) in [5.41, 5.74) is 1.50. The molecule has 0 spiro atoms. The van der Waals surface area contributed by atoms with Crippen LogP contribution in [-0.2, 0) is 19.4 Å². The van der Waals surface area contributed by atoms with Crippen LogP contribution in [0.5, 0.6) is 0 Å². The van der Waals surface area contributed by atoms with E-state index in [4.69, 9.17) is 4.98 Å². The molecule has 0 saturated carbocycles. The third kappa shape index (κ3) is 2.30. The van der Waals surface area contributed by atoms with Gasteiger partial charge in [-0.2, -0.15) is 0 Å². The Morgan fingerprint density at radius 3 is 2.85 bits per heavy atom. The van der Waals surface area contributed by atoms with Crippen LogP contribution in [0.25, 0.3) is 10.2 Å². The van der Waals surface area contributed by atoms with Gasteiger partial charge in [0.25, 0.3) is 5.56 Å². The molecule has 0 unspecified atom stereocenters. The maximum absolute atomic E-state index is 12.8. The van der Waals surface area contributed by atoms with Crippen LogP contribution in [0.4, 0.5) is 0 Å². The molecule has 0 aromatic carbocycles. The van der Waals surface area contributed by atoms with Gasteiger partial charge in [-0.15, -0.1) is 11.3 Å². The van der Waals surface area contributed by atoms with Crippen molar-refractivity contribution in [2.24, 2.45) is 0 Å². The second kappa shape index (κ2) is 5.68. The Balaban J connectivity index is 2.10. The number of nitrogens with zero attached hydrogens (tertiary/aromatic N) is 2. The van der Waals surface area contributed by atoms with E-state index in [-0.39, 0.29) is 5.56 Å². The zero-order valence-electron chi connectivity index (χ0n) is 12.4. The van der Waals surface area contributed by atoms with Crippen molar-refractivity contribution in [2.75, 3.05) is 0 Å². The molecular formula is C16H22N2OS. The summed E-state index contributed by atoms with van der Waals surface area (Å²) in [6.07, 6.45) is 8.07. The summed E-state index contributed by atoms with van der Waals surface area (Å²) >= 11 is 1.74. The molecule has 3 nitrogen and oxygen atoms in total. The van der Waals surface area contributed by atoms with Gasteiger partial charge in [0.05, 0.1) is 5.39 Å². The number of aryl methyl sites for hydroxylation is 3. The van der Waals surface area contributed by atoms with Crippen molar-refractivity contribution in [3.63, 3.8) is 0 Å². The Hall–Kier alpha value is -1.16. The molecule has 20 heavy (non-hydrogen) atoms. The highest BCUT2D eigenvalue weighted by atomic mass is 32.1.